The van der Waals surface area contributed by atoms with E-state index in [4.69, 9.17) is 15.0 Å². The first kappa shape index (κ1) is 32.7. The van der Waals surface area contributed by atoms with Crippen LogP contribution in [-0.4, -0.2) is 19.5 Å². The van der Waals surface area contributed by atoms with Gasteiger partial charge in [0.1, 0.15) is 0 Å². The van der Waals surface area contributed by atoms with Gasteiger partial charge >= 0.3 is 0 Å². The molecule has 0 spiro atoms. The molecule has 4 heteroatoms. The molecule has 2 aromatic heterocycles. The van der Waals surface area contributed by atoms with Crippen LogP contribution in [0.15, 0.2) is 206 Å². The van der Waals surface area contributed by atoms with Gasteiger partial charge in [0, 0.05) is 33.2 Å². The van der Waals surface area contributed by atoms with Gasteiger partial charge in [-0.25, -0.2) is 15.0 Å². The van der Waals surface area contributed by atoms with E-state index in [0.717, 1.165) is 55.7 Å². The molecule has 0 radical (unpaired) electrons. The third-order valence-electron chi connectivity index (χ3n) is 11.0. The Morgan fingerprint density at radius 1 is 0.298 bits per heavy atom. The van der Waals surface area contributed by atoms with Crippen LogP contribution in [0.5, 0.6) is 0 Å². The van der Waals surface area contributed by atoms with Crippen molar-refractivity contribution in [2.45, 2.75) is 0 Å². The predicted octanol–water partition coefficient (Wildman–Crippen LogP) is 13.6. The van der Waals surface area contributed by atoms with E-state index in [-0.39, 0.29) is 0 Å². The van der Waals surface area contributed by atoms with Crippen molar-refractivity contribution in [3.8, 4) is 62.1 Å². The zero-order chi connectivity index (χ0) is 37.7. The Hall–Kier alpha value is -7.69. The number of benzene rings is 9. The summed E-state index contributed by atoms with van der Waals surface area (Å²) in [4.78, 5) is 15.5. The Bertz CT molecular complexity index is 3220. The molecule has 0 aliphatic carbocycles. The Morgan fingerprint density at radius 3 is 1.53 bits per heavy atom. The van der Waals surface area contributed by atoms with Gasteiger partial charge in [-0.15, -0.1) is 0 Å². The molecule has 57 heavy (non-hydrogen) atoms. The molecule has 0 saturated heterocycles. The maximum absolute atomic E-state index is 5.22. The molecule has 0 bridgehead atoms. The zero-order valence-electron chi connectivity index (χ0n) is 30.9. The normalized spacial score (nSPS) is 11.5. The number of hydrogen-bond donors (Lipinski definition) is 0. The second-order valence-electron chi connectivity index (χ2n) is 14.4. The minimum Gasteiger partial charge on any atom is -0.309 e. The van der Waals surface area contributed by atoms with Gasteiger partial charge in [0.2, 0.25) is 0 Å². The highest BCUT2D eigenvalue weighted by molar-refractivity contribution is 6.23. The molecule has 11 aromatic rings. The van der Waals surface area contributed by atoms with Crippen molar-refractivity contribution in [1.29, 1.82) is 0 Å². The van der Waals surface area contributed by atoms with Crippen molar-refractivity contribution in [2.24, 2.45) is 0 Å². The Labute approximate surface area is 330 Å². The van der Waals surface area contributed by atoms with Gasteiger partial charge in [-0.3, -0.25) is 0 Å². The SMILES string of the molecule is c1ccc(-c2nc(-c3ccccc3)nc(-c3ccc(-n4c5cc6ccccc6cc5c5c6ccccc6ccc54)cc3-c3ccccc3-c3ccccc3)n2)cc1. The summed E-state index contributed by atoms with van der Waals surface area (Å²) in [5.41, 5.74) is 10.6. The highest BCUT2D eigenvalue weighted by Gasteiger charge is 2.21. The van der Waals surface area contributed by atoms with Crippen molar-refractivity contribution >= 4 is 43.4 Å². The number of nitrogens with zero attached hydrogens (tertiary/aromatic N) is 4. The van der Waals surface area contributed by atoms with Crippen LogP contribution in [0.1, 0.15) is 0 Å². The Kier molecular flexibility index (Phi) is 7.78. The molecule has 2 heterocycles. The highest BCUT2D eigenvalue weighted by atomic mass is 15.0. The Morgan fingerprint density at radius 2 is 0.842 bits per heavy atom. The van der Waals surface area contributed by atoms with E-state index in [9.17, 15) is 0 Å². The van der Waals surface area contributed by atoms with E-state index in [1.807, 2.05) is 36.4 Å². The molecule has 0 amide bonds. The lowest BCUT2D eigenvalue weighted by molar-refractivity contribution is 1.07. The minimum atomic E-state index is 0.617. The second kappa shape index (κ2) is 13.6. The molecule has 4 nitrogen and oxygen atoms in total. The number of aromatic nitrogens is 4. The summed E-state index contributed by atoms with van der Waals surface area (Å²) in [6, 6.07) is 72.9. The molecule has 0 aliphatic rings. The molecule has 0 fully saturated rings. The third kappa shape index (κ3) is 5.66. The first-order chi connectivity index (χ1) is 28.3. The van der Waals surface area contributed by atoms with Crippen molar-refractivity contribution in [3.05, 3.63) is 206 Å². The maximum Gasteiger partial charge on any atom is 0.164 e. The summed E-state index contributed by atoms with van der Waals surface area (Å²) in [6.07, 6.45) is 0. The lowest BCUT2D eigenvalue weighted by Crippen LogP contribution is -2.02. The summed E-state index contributed by atoms with van der Waals surface area (Å²) < 4.78 is 2.43. The van der Waals surface area contributed by atoms with Gasteiger partial charge in [-0.05, 0) is 80.2 Å². The van der Waals surface area contributed by atoms with Crippen molar-refractivity contribution in [2.75, 3.05) is 0 Å². The zero-order valence-corrected chi connectivity index (χ0v) is 30.9. The van der Waals surface area contributed by atoms with Gasteiger partial charge in [-0.1, -0.05) is 170 Å². The van der Waals surface area contributed by atoms with E-state index in [2.05, 4.69) is 174 Å². The first-order valence-electron chi connectivity index (χ1n) is 19.3. The topological polar surface area (TPSA) is 43.6 Å². The van der Waals surface area contributed by atoms with E-state index in [1.54, 1.807) is 0 Å². The van der Waals surface area contributed by atoms with Crippen molar-refractivity contribution in [3.63, 3.8) is 0 Å². The average molecular weight is 727 g/mol. The Balaban J connectivity index is 1.23. The summed E-state index contributed by atoms with van der Waals surface area (Å²) >= 11 is 0. The lowest BCUT2D eigenvalue weighted by atomic mass is 9.91. The van der Waals surface area contributed by atoms with Crippen molar-refractivity contribution in [1.82, 2.24) is 19.5 Å². The smallest absolute Gasteiger partial charge is 0.164 e. The van der Waals surface area contributed by atoms with Crippen LogP contribution in [0.25, 0.3) is 105 Å². The van der Waals surface area contributed by atoms with Gasteiger partial charge in [0.15, 0.2) is 17.5 Å². The number of hydrogen-bond acceptors (Lipinski definition) is 3. The molecule has 0 unspecified atom stereocenters. The summed E-state index contributed by atoms with van der Waals surface area (Å²) in [7, 11) is 0. The average Bonchev–Trinajstić information content (AvgIpc) is 3.62. The molecule has 0 aliphatic heterocycles. The standard InChI is InChI=1S/C53H34N4/c1-4-16-35(17-5-1)42-25-14-15-27-44(42)46-34-41(29-30-45(46)53-55-51(37-19-6-2-7-20-37)54-52(56-53)38-21-8-3-9-22-38)57-48-31-28-36-18-12-13-26-43(36)50(48)47-32-39-23-10-11-24-40(39)33-49(47)57/h1-34H. The van der Waals surface area contributed by atoms with Gasteiger partial charge < -0.3 is 4.57 Å². The van der Waals surface area contributed by atoms with Crippen LogP contribution >= 0.6 is 0 Å². The lowest BCUT2D eigenvalue weighted by Gasteiger charge is -2.18. The van der Waals surface area contributed by atoms with E-state index >= 15 is 0 Å². The summed E-state index contributed by atoms with van der Waals surface area (Å²) in [5, 5.41) is 7.38. The third-order valence-corrected chi connectivity index (χ3v) is 11.0. The van der Waals surface area contributed by atoms with E-state index in [1.165, 1.54) is 32.3 Å². The first-order valence-corrected chi connectivity index (χ1v) is 19.3. The number of fused-ring (bicyclic) bond motifs is 6. The van der Waals surface area contributed by atoms with Crippen LogP contribution in [-0.2, 0) is 0 Å². The summed E-state index contributed by atoms with van der Waals surface area (Å²) in [6.45, 7) is 0. The highest BCUT2D eigenvalue weighted by Crippen LogP contribution is 2.43. The van der Waals surface area contributed by atoms with Crippen LogP contribution in [0.2, 0.25) is 0 Å². The predicted molar refractivity (Wildman–Crippen MR) is 236 cm³/mol. The van der Waals surface area contributed by atoms with Gasteiger partial charge in [-0.2, -0.15) is 0 Å². The largest absolute Gasteiger partial charge is 0.309 e. The van der Waals surface area contributed by atoms with Crippen LogP contribution in [0.3, 0.4) is 0 Å². The molecule has 0 atom stereocenters. The molecule has 11 rings (SSSR count). The van der Waals surface area contributed by atoms with Gasteiger partial charge in [0.05, 0.1) is 11.0 Å². The monoisotopic (exact) mass is 726 g/mol. The quantitative estimate of drug-likeness (QED) is 0.171. The minimum absolute atomic E-state index is 0.617. The molecule has 0 saturated carbocycles. The molecule has 9 aromatic carbocycles. The number of rotatable bonds is 6. The molecule has 0 N–H and O–H groups in total. The fraction of sp³-hybridized carbons (Fsp3) is 0. The fourth-order valence-corrected chi connectivity index (χ4v) is 8.36. The van der Waals surface area contributed by atoms with Crippen LogP contribution in [0.4, 0.5) is 0 Å². The maximum atomic E-state index is 5.22. The van der Waals surface area contributed by atoms with E-state index in [0.29, 0.717) is 17.5 Å². The van der Waals surface area contributed by atoms with E-state index < -0.39 is 0 Å². The van der Waals surface area contributed by atoms with Gasteiger partial charge in [0.25, 0.3) is 0 Å². The van der Waals surface area contributed by atoms with Crippen LogP contribution in [0, 0.1) is 0 Å². The van der Waals surface area contributed by atoms with Crippen LogP contribution < -0.4 is 0 Å². The second-order valence-corrected chi connectivity index (χ2v) is 14.4. The van der Waals surface area contributed by atoms with Crippen molar-refractivity contribution < 1.29 is 0 Å². The molecule has 266 valence electrons. The summed E-state index contributed by atoms with van der Waals surface area (Å²) in [5.74, 6) is 1.88. The fourth-order valence-electron chi connectivity index (χ4n) is 8.36. The molecular formula is C53H34N4. The molecular weight excluding hydrogens is 693 g/mol.